The Kier molecular flexibility index (Phi) is 10.2. The molecule has 0 saturated heterocycles. The smallest absolute Gasteiger partial charge is 0.318 e. The topological polar surface area (TPSA) is 92.7 Å². The minimum Gasteiger partial charge on any atom is -0.605 e. The number of esters is 1. The lowest BCUT2D eigenvalue weighted by molar-refractivity contribution is -0.370. The first-order chi connectivity index (χ1) is 19.6. The van der Waals surface area contributed by atoms with Crippen LogP contribution in [0.2, 0.25) is 0 Å². The van der Waals surface area contributed by atoms with E-state index >= 15 is 0 Å². The number of hydrogen-bond donors (Lipinski definition) is 0. The zero-order chi connectivity index (χ0) is 31.3. The van der Waals surface area contributed by atoms with Gasteiger partial charge in [0, 0.05) is 5.60 Å². The fraction of sp³-hybridized carbons (Fsp3) is 0.343. The van der Waals surface area contributed by atoms with Gasteiger partial charge < -0.3 is 14.6 Å². The van der Waals surface area contributed by atoms with Crippen LogP contribution in [-0.2, 0) is 23.9 Å². The van der Waals surface area contributed by atoms with Crippen LogP contribution in [0, 0.1) is 11.8 Å². The summed E-state index contributed by atoms with van der Waals surface area (Å²) in [6.07, 6.45) is 0. The Labute approximate surface area is 250 Å². The van der Waals surface area contributed by atoms with Gasteiger partial charge in [-0.1, -0.05) is 75.4 Å². The first kappa shape index (κ1) is 32.8. The number of ether oxygens (including phenoxy) is 2. The minimum atomic E-state index is -3.28. The summed E-state index contributed by atoms with van der Waals surface area (Å²) in [6.45, 7) is 12.9. The third kappa shape index (κ3) is 7.35. The van der Waals surface area contributed by atoms with Crippen LogP contribution in [0.3, 0.4) is 0 Å². The Morgan fingerprint density at radius 3 is 1.21 bits per heavy atom. The predicted octanol–water partition coefficient (Wildman–Crippen LogP) is 5.08. The predicted molar refractivity (Wildman–Crippen MR) is 167 cm³/mol. The molecule has 0 N–H and O–H groups in total. The van der Waals surface area contributed by atoms with E-state index in [9.17, 15) is 19.5 Å². The van der Waals surface area contributed by atoms with Crippen LogP contribution in [0.1, 0.15) is 55.4 Å². The van der Waals surface area contributed by atoms with Crippen LogP contribution in [0.4, 0.5) is 0 Å². The molecule has 1 unspecified atom stereocenters. The highest BCUT2D eigenvalue weighted by Gasteiger charge is 2.58. The average Bonchev–Trinajstić information content (AvgIpc) is 2.89. The highest BCUT2D eigenvalue weighted by atomic mass is 31.2. The maximum atomic E-state index is 14.7. The van der Waals surface area contributed by atoms with E-state index in [0.29, 0.717) is 0 Å². The molecule has 3 rings (SSSR count). The highest BCUT2D eigenvalue weighted by Crippen LogP contribution is 2.66. The molecule has 0 bridgehead atoms. The number of rotatable bonds is 10. The number of hydrogen-bond acceptors (Lipinski definition) is 6. The van der Waals surface area contributed by atoms with Crippen LogP contribution in [0.5, 0.6) is 0 Å². The SMILES string of the molecule is CC(=O)C(C(C)=O)C(C(=O)OC(C)(C)C)/C(=C(\[O-])OC(C)(C)C)[P+](c1ccccc1)(c1ccccc1)c1ccccc1. The summed E-state index contributed by atoms with van der Waals surface area (Å²) in [5.41, 5.74) is -1.90. The first-order valence-corrected chi connectivity index (χ1v) is 15.8. The van der Waals surface area contributed by atoms with Gasteiger partial charge in [0.25, 0.3) is 0 Å². The molecule has 222 valence electrons. The Bertz CT molecular complexity index is 1310. The van der Waals surface area contributed by atoms with Crippen molar-refractivity contribution in [2.75, 3.05) is 0 Å². The van der Waals surface area contributed by atoms with E-state index in [1.807, 2.05) is 91.0 Å². The standard InChI is InChI=1S/C35H41O6P/c1-24(36)29(25(2)37)30(32(38)40-34(3,4)5)31(33(39)41-35(6,7)8)42(26-18-12-9-13-19-26,27-20-14-10-15-21-27)28-22-16-11-17-23-28/h9-23,29-30H,1-8H3/b33-31-. The van der Waals surface area contributed by atoms with E-state index in [4.69, 9.17) is 9.47 Å². The van der Waals surface area contributed by atoms with Crippen LogP contribution >= 0.6 is 7.26 Å². The number of benzene rings is 3. The summed E-state index contributed by atoms with van der Waals surface area (Å²) in [6, 6.07) is 28.4. The summed E-state index contributed by atoms with van der Waals surface area (Å²) in [7, 11) is -3.28. The molecule has 0 saturated carbocycles. The monoisotopic (exact) mass is 588 g/mol. The largest absolute Gasteiger partial charge is 0.605 e. The van der Waals surface area contributed by atoms with Gasteiger partial charge in [-0.25, -0.2) is 0 Å². The second kappa shape index (κ2) is 13.0. The van der Waals surface area contributed by atoms with Gasteiger partial charge in [-0.3, -0.25) is 14.4 Å². The molecule has 3 aromatic rings. The molecule has 3 aromatic carbocycles. The number of Topliss-reactive ketones (excluding diaryl/α,β-unsaturated/α-hetero) is 2. The molecule has 0 heterocycles. The van der Waals surface area contributed by atoms with Crippen LogP contribution in [0.25, 0.3) is 0 Å². The molecule has 0 aliphatic carbocycles. The molecular formula is C35H41O6P. The molecule has 7 heteroatoms. The minimum absolute atomic E-state index is 0.0469. The maximum Gasteiger partial charge on any atom is 0.318 e. The number of carbonyl (C=O) groups is 3. The van der Waals surface area contributed by atoms with Crippen molar-refractivity contribution in [3.05, 3.63) is 102 Å². The fourth-order valence-corrected chi connectivity index (χ4v) is 9.73. The van der Waals surface area contributed by atoms with Crippen molar-refractivity contribution in [1.29, 1.82) is 0 Å². The van der Waals surface area contributed by atoms with Gasteiger partial charge in [0.05, 0.1) is 11.9 Å². The summed E-state index contributed by atoms with van der Waals surface area (Å²) < 4.78 is 12.0. The first-order valence-electron chi connectivity index (χ1n) is 14.0. The summed E-state index contributed by atoms with van der Waals surface area (Å²) in [5, 5.41) is 17.1. The lowest BCUT2D eigenvalue weighted by Crippen LogP contribution is -2.45. The van der Waals surface area contributed by atoms with E-state index in [1.165, 1.54) is 13.8 Å². The van der Waals surface area contributed by atoms with Gasteiger partial charge >= 0.3 is 5.97 Å². The molecule has 1 atom stereocenters. The van der Waals surface area contributed by atoms with Crippen molar-refractivity contribution in [2.45, 2.75) is 66.6 Å². The summed E-state index contributed by atoms with van der Waals surface area (Å²) in [5.74, 6) is -5.65. The summed E-state index contributed by atoms with van der Waals surface area (Å²) in [4.78, 5) is 40.9. The van der Waals surface area contributed by atoms with Crippen LogP contribution < -0.4 is 21.0 Å². The number of ketones is 2. The van der Waals surface area contributed by atoms with Gasteiger partial charge in [0.1, 0.15) is 51.6 Å². The lowest BCUT2D eigenvalue weighted by atomic mass is 9.85. The van der Waals surface area contributed by atoms with E-state index < -0.39 is 53.8 Å². The molecule has 0 amide bonds. The van der Waals surface area contributed by atoms with Crippen molar-refractivity contribution < 1.29 is 29.0 Å². The second-order valence-electron chi connectivity index (χ2n) is 12.3. The Balaban J connectivity index is 2.68. The van der Waals surface area contributed by atoms with Gasteiger partial charge in [-0.05, 0) is 71.0 Å². The van der Waals surface area contributed by atoms with E-state index in [0.717, 1.165) is 15.9 Å². The van der Waals surface area contributed by atoms with Gasteiger partial charge in [-0.15, -0.1) is 0 Å². The van der Waals surface area contributed by atoms with Crippen molar-refractivity contribution in [2.24, 2.45) is 11.8 Å². The Morgan fingerprint density at radius 2 is 0.929 bits per heavy atom. The summed E-state index contributed by atoms with van der Waals surface area (Å²) >= 11 is 0. The molecule has 6 nitrogen and oxygen atoms in total. The van der Waals surface area contributed by atoms with Crippen molar-refractivity contribution in [3.8, 4) is 0 Å². The molecular weight excluding hydrogens is 547 g/mol. The van der Waals surface area contributed by atoms with Crippen LogP contribution in [0.15, 0.2) is 102 Å². The maximum absolute atomic E-state index is 14.7. The molecule has 0 fully saturated rings. The molecule has 0 aliphatic rings. The number of carbonyl (C=O) groups excluding carboxylic acids is 3. The van der Waals surface area contributed by atoms with Crippen molar-refractivity contribution in [3.63, 3.8) is 0 Å². The van der Waals surface area contributed by atoms with E-state index in [2.05, 4.69) is 0 Å². The molecule has 0 spiro atoms. The third-order valence-corrected chi connectivity index (χ3v) is 11.0. The lowest BCUT2D eigenvalue weighted by Gasteiger charge is -2.40. The quantitative estimate of drug-likeness (QED) is 0.142. The van der Waals surface area contributed by atoms with Crippen LogP contribution in [-0.4, -0.2) is 28.7 Å². The van der Waals surface area contributed by atoms with Crippen molar-refractivity contribution >= 4 is 40.7 Å². The average molecular weight is 589 g/mol. The second-order valence-corrected chi connectivity index (χ2v) is 15.6. The molecule has 0 radical (unpaired) electrons. The molecule has 0 aliphatic heterocycles. The van der Waals surface area contributed by atoms with Crippen molar-refractivity contribution in [1.82, 2.24) is 0 Å². The Hall–Kier alpha value is -3.76. The normalized spacial score (nSPS) is 13.6. The Morgan fingerprint density at radius 1 is 0.595 bits per heavy atom. The zero-order valence-corrected chi connectivity index (χ0v) is 26.6. The molecule has 42 heavy (non-hydrogen) atoms. The van der Waals surface area contributed by atoms with Gasteiger partial charge in [0.15, 0.2) is 0 Å². The zero-order valence-electron chi connectivity index (χ0n) is 25.7. The fourth-order valence-electron chi connectivity index (χ4n) is 5.15. The third-order valence-electron chi connectivity index (χ3n) is 6.56. The van der Waals surface area contributed by atoms with Gasteiger partial charge in [0.2, 0.25) is 0 Å². The van der Waals surface area contributed by atoms with Gasteiger partial charge in [-0.2, -0.15) is 0 Å². The van der Waals surface area contributed by atoms with E-state index in [1.54, 1.807) is 41.5 Å². The highest BCUT2D eigenvalue weighted by molar-refractivity contribution is 7.99. The van der Waals surface area contributed by atoms with E-state index in [-0.39, 0.29) is 5.31 Å². The molecule has 0 aromatic heterocycles.